The summed E-state index contributed by atoms with van der Waals surface area (Å²) in [4.78, 5) is 33.5. The van der Waals surface area contributed by atoms with Crippen LogP contribution >= 0.6 is 0 Å². The van der Waals surface area contributed by atoms with Gasteiger partial charge in [-0.3, -0.25) is 14.6 Å². The highest BCUT2D eigenvalue weighted by atomic mass is 16.5. The number of carbonyl (C=O) groups excluding carboxylic acids is 1. The van der Waals surface area contributed by atoms with Gasteiger partial charge < -0.3 is 30.0 Å². The summed E-state index contributed by atoms with van der Waals surface area (Å²) in [5, 5.41) is 9.20. The molecule has 10 nitrogen and oxygen atoms in total. The van der Waals surface area contributed by atoms with Crippen molar-refractivity contribution in [2.24, 2.45) is 0 Å². The SMILES string of the molecule is COC(=O)[B]N1CN([C@H]2CC[C@@H](CO)O2)c2nc(N)[nH]c(=O)c21. The minimum absolute atomic E-state index is 0.0182. The van der Waals surface area contributed by atoms with Crippen LogP contribution in [0.2, 0.25) is 0 Å². The van der Waals surface area contributed by atoms with Crippen LogP contribution in [0.5, 0.6) is 0 Å². The van der Waals surface area contributed by atoms with Crippen molar-refractivity contribution < 1.29 is 19.4 Å². The van der Waals surface area contributed by atoms with Crippen LogP contribution in [0.15, 0.2) is 4.79 Å². The first-order valence-corrected chi connectivity index (χ1v) is 7.15. The Hall–Kier alpha value is -2.27. The minimum atomic E-state index is -0.588. The van der Waals surface area contributed by atoms with Gasteiger partial charge >= 0.3 is 7.41 Å². The van der Waals surface area contributed by atoms with Crippen molar-refractivity contribution in [2.45, 2.75) is 25.2 Å². The molecule has 0 amide bonds. The maximum absolute atomic E-state index is 12.2. The molecule has 4 N–H and O–H groups in total. The highest BCUT2D eigenvalue weighted by Gasteiger charge is 2.39. The standard InChI is InChI=1S/C12H17BN5O5/c1-22-11(21)13-18-5-17(7-3-2-6(4-19)23-7)9-8(18)10(20)16-12(14)15-9/h6-7,19H,2-5H2,1H3,(H3,14,15,16,20)/t6-,7+/m0/s1. The average molecular weight is 322 g/mol. The Balaban J connectivity index is 1.92. The molecule has 0 saturated carbocycles. The maximum atomic E-state index is 12.2. The van der Waals surface area contributed by atoms with Crippen LogP contribution in [0.25, 0.3) is 0 Å². The van der Waals surface area contributed by atoms with Gasteiger partial charge in [0.05, 0.1) is 26.5 Å². The predicted molar refractivity (Wildman–Crippen MR) is 82.2 cm³/mol. The molecule has 3 heterocycles. The lowest BCUT2D eigenvalue weighted by Crippen LogP contribution is -2.42. The summed E-state index contributed by atoms with van der Waals surface area (Å²) in [6.45, 7) is 0.132. The third-order valence-electron chi connectivity index (χ3n) is 3.86. The molecule has 2 atom stereocenters. The van der Waals surface area contributed by atoms with Crippen LogP contribution in [0, 0.1) is 0 Å². The quantitative estimate of drug-likeness (QED) is 0.585. The van der Waals surface area contributed by atoms with Gasteiger partial charge in [-0.05, 0) is 12.8 Å². The van der Waals surface area contributed by atoms with Crippen molar-refractivity contribution in [3.05, 3.63) is 10.4 Å². The molecule has 1 aromatic rings. The number of aliphatic hydroxyl groups is 1. The third-order valence-corrected chi connectivity index (χ3v) is 3.86. The van der Waals surface area contributed by atoms with E-state index in [2.05, 4.69) is 14.7 Å². The number of methoxy groups -OCH3 is 1. The number of aromatic amines is 1. The molecule has 2 aliphatic heterocycles. The zero-order chi connectivity index (χ0) is 16.6. The number of nitrogen functional groups attached to an aromatic ring is 1. The van der Waals surface area contributed by atoms with Gasteiger partial charge in [-0.15, -0.1) is 0 Å². The van der Waals surface area contributed by atoms with E-state index in [4.69, 9.17) is 10.5 Å². The van der Waals surface area contributed by atoms with Gasteiger partial charge in [0.15, 0.2) is 5.82 Å². The molecule has 0 aliphatic carbocycles. The second-order valence-electron chi connectivity index (χ2n) is 5.33. The van der Waals surface area contributed by atoms with Gasteiger partial charge in [0.2, 0.25) is 5.95 Å². The number of aromatic nitrogens is 2. The summed E-state index contributed by atoms with van der Waals surface area (Å²) in [6.07, 6.45) is 0.773. The van der Waals surface area contributed by atoms with E-state index in [0.717, 1.165) is 0 Å². The fourth-order valence-electron chi connectivity index (χ4n) is 2.80. The summed E-state index contributed by atoms with van der Waals surface area (Å²) in [5.74, 6) is -0.264. The van der Waals surface area contributed by atoms with E-state index in [-0.39, 0.29) is 37.2 Å². The van der Waals surface area contributed by atoms with E-state index in [1.165, 1.54) is 19.3 Å². The lowest BCUT2D eigenvalue weighted by molar-refractivity contribution is 0.0113. The number of nitrogens with two attached hydrogens (primary N) is 1. The van der Waals surface area contributed by atoms with Crippen molar-refractivity contribution in [2.75, 3.05) is 35.8 Å². The molecular weight excluding hydrogens is 305 g/mol. The molecule has 0 spiro atoms. The van der Waals surface area contributed by atoms with Crippen LogP contribution in [-0.2, 0) is 9.47 Å². The Morgan fingerprint density at radius 1 is 1.61 bits per heavy atom. The van der Waals surface area contributed by atoms with E-state index >= 15 is 0 Å². The lowest BCUT2D eigenvalue weighted by atomic mass is 9.92. The molecule has 0 aromatic carbocycles. The highest BCUT2D eigenvalue weighted by Crippen LogP contribution is 2.35. The van der Waals surface area contributed by atoms with Crippen molar-refractivity contribution >= 4 is 30.7 Å². The number of fused-ring (bicyclic) bond motifs is 1. The maximum Gasteiger partial charge on any atom is 0.394 e. The van der Waals surface area contributed by atoms with E-state index in [1.54, 1.807) is 4.90 Å². The zero-order valence-electron chi connectivity index (χ0n) is 12.6. The summed E-state index contributed by atoms with van der Waals surface area (Å²) >= 11 is 0. The molecule has 11 heteroatoms. The Kier molecular flexibility index (Phi) is 4.13. The predicted octanol–water partition coefficient (Wildman–Crippen LogP) is -1.18. The Labute approximate surface area is 132 Å². The molecule has 123 valence electrons. The fourth-order valence-corrected chi connectivity index (χ4v) is 2.80. The fraction of sp³-hybridized carbons (Fsp3) is 0.583. The molecule has 1 fully saturated rings. The molecule has 1 radical (unpaired) electrons. The molecule has 23 heavy (non-hydrogen) atoms. The minimum Gasteiger partial charge on any atom is -0.476 e. The molecule has 0 bridgehead atoms. The van der Waals surface area contributed by atoms with E-state index in [1.807, 2.05) is 0 Å². The number of hydrogen-bond acceptors (Lipinski definition) is 9. The van der Waals surface area contributed by atoms with Crippen LogP contribution in [0.1, 0.15) is 12.8 Å². The Morgan fingerprint density at radius 2 is 2.39 bits per heavy atom. The number of aliphatic hydroxyl groups excluding tert-OH is 1. The lowest BCUT2D eigenvalue weighted by Gasteiger charge is -2.26. The zero-order valence-corrected chi connectivity index (χ0v) is 12.6. The summed E-state index contributed by atoms with van der Waals surface area (Å²) in [5.41, 5.74) is 5.38. The largest absolute Gasteiger partial charge is 0.476 e. The van der Waals surface area contributed by atoms with E-state index in [9.17, 15) is 14.7 Å². The van der Waals surface area contributed by atoms with Gasteiger partial charge in [0.1, 0.15) is 11.9 Å². The first kappa shape index (κ1) is 15.6. The normalized spacial score (nSPS) is 23.0. The van der Waals surface area contributed by atoms with Crippen molar-refractivity contribution in [1.29, 1.82) is 0 Å². The van der Waals surface area contributed by atoms with Crippen LogP contribution in [0.3, 0.4) is 0 Å². The number of H-pyrrole nitrogens is 1. The first-order chi connectivity index (χ1) is 11.0. The van der Waals surface area contributed by atoms with Gasteiger partial charge in [-0.1, -0.05) is 0 Å². The summed E-state index contributed by atoms with van der Waals surface area (Å²) in [7, 11) is 2.44. The van der Waals surface area contributed by atoms with Crippen molar-refractivity contribution in [1.82, 2.24) is 9.97 Å². The molecule has 1 saturated heterocycles. The Bertz CT molecular complexity index is 668. The number of nitrogens with one attached hydrogen (secondary N) is 1. The van der Waals surface area contributed by atoms with Crippen molar-refractivity contribution in [3.63, 3.8) is 0 Å². The van der Waals surface area contributed by atoms with Gasteiger partial charge in [0.25, 0.3) is 11.4 Å². The van der Waals surface area contributed by atoms with Crippen LogP contribution in [0.4, 0.5) is 22.2 Å². The number of rotatable bonds is 4. The average Bonchev–Trinajstić information content (AvgIpc) is 3.11. The first-order valence-electron chi connectivity index (χ1n) is 7.15. The highest BCUT2D eigenvalue weighted by molar-refractivity contribution is 6.75. The second-order valence-corrected chi connectivity index (χ2v) is 5.33. The number of ether oxygens (including phenoxy) is 2. The topological polar surface area (TPSA) is 134 Å². The van der Waals surface area contributed by atoms with Crippen LogP contribution < -0.4 is 21.0 Å². The molecular formula is C12H17BN5O5. The smallest absolute Gasteiger partial charge is 0.394 e. The Morgan fingerprint density at radius 3 is 3.04 bits per heavy atom. The van der Waals surface area contributed by atoms with E-state index < -0.39 is 11.4 Å². The molecule has 0 unspecified atom stereocenters. The number of anilines is 3. The molecule has 3 rings (SSSR count). The summed E-state index contributed by atoms with van der Waals surface area (Å²) < 4.78 is 10.3. The molecule has 2 aliphatic rings. The van der Waals surface area contributed by atoms with Crippen LogP contribution in [-0.4, -0.2) is 61.1 Å². The number of hydrogen-bond donors (Lipinski definition) is 3. The monoisotopic (exact) mass is 322 g/mol. The number of carbonyl (C=O) groups is 1. The third kappa shape index (κ3) is 2.84. The van der Waals surface area contributed by atoms with E-state index in [0.29, 0.717) is 18.7 Å². The number of nitrogens with zero attached hydrogens (tertiary/aromatic N) is 3. The van der Waals surface area contributed by atoms with Gasteiger partial charge in [-0.2, -0.15) is 4.98 Å². The van der Waals surface area contributed by atoms with Gasteiger partial charge in [0, 0.05) is 0 Å². The molecule has 1 aromatic heterocycles. The van der Waals surface area contributed by atoms with Gasteiger partial charge in [-0.25, -0.2) is 0 Å². The summed E-state index contributed by atoms with van der Waals surface area (Å²) in [6, 6.07) is 0. The second kappa shape index (κ2) is 6.09. The van der Waals surface area contributed by atoms with Crippen molar-refractivity contribution in [3.8, 4) is 0 Å².